The van der Waals surface area contributed by atoms with E-state index in [1.165, 1.54) is 0 Å². The molecule has 5 N–H and O–H groups in total. The SMILES string of the molecule is COc1ccccc1NC1NC(=O)C2C(NC(=O)CC2C(=O)Nc2ccc(C)c(Cl)c2)N1. The molecular weight excluding hydrogens is 434 g/mol. The summed E-state index contributed by atoms with van der Waals surface area (Å²) in [6.45, 7) is 1.86. The fourth-order valence-corrected chi connectivity index (χ4v) is 4.16. The summed E-state index contributed by atoms with van der Waals surface area (Å²) >= 11 is 6.14. The molecule has 0 saturated carbocycles. The largest absolute Gasteiger partial charge is 0.495 e. The van der Waals surface area contributed by atoms with E-state index in [1.807, 2.05) is 19.1 Å². The van der Waals surface area contributed by atoms with E-state index in [2.05, 4.69) is 26.6 Å². The zero-order valence-corrected chi connectivity index (χ0v) is 18.3. The van der Waals surface area contributed by atoms with Gasteiger partial charge in [0.25, 0.3) is 0 Å². The Morgan fingerprint density at radius 2 is 1.94 bits per heavy atom. The van der Waals surface area contributed by atoms with Crippen molar-refractivity contribution in [2.24, 2.45) is 11.8 Å². The van der Waals surface area contributed by atoms with Crippen molar-refractivity contribution in [3.05, 3.63) is 53.1 Å². The summed E-state index contributed by atoms with van der Waals surface area (Å²) in [4.78, 5) is 38.3. The number of carbonyl (C=O) groups excluding carboxylic acids is 3. The van der Waals surface area contributed by atoms with Gasteiger partial charge in [-0.2, -0.15) is 0 Å². The van der Waals surface area contributed by atoms with E-state index in [0.717, 1.165) is 5.56 Å². The Morgan fingerprint density at radius 1 is 1.16 bits per heavy atom. The Balaban J connectivity index is 1.49. The van der Waals surface area contributed by atoms with Crippen LogP contribution in [0.15, 0.2) is 42.5 Å². The number of anilines is 2. The number of halogens is 1. The summed E-state index contributed by atoms with van der Waals surface area (Å²) < 4.78 is 5.32. The molecule has 4 rings (SSSR count). The van der Waals surface area contributed by atoms with Crippen LogP contribution in [-0.2, 0) is 14.4 Å². The molecule has 2 aromatic rings. The second-order valence-corrected chi connectivity index (χ2v) is 8.19. The minimum absolute atomic E-state index is 0.0910. The van der Waals surface area contributed by atoms with Gasteiger partial charge in [-0.1, -0.05) is 29.8 Å². The molecule has 10 heteroatoms. The Morgan fingerprint density at radius 3 is 2.69 bits per heavy atom. The molecule has 4 unspecified atom stereocenters. The minimum atomic E-state index is -0.839. The molecule has 3 amide bonds. The van der Waals surface area contributed by atoms with E-state index in [0.29, 0.717) is 22.1 Å². The van der Waals surface area contributed by atoms with Crippen molar-refractivity contribution in [2.75, 3.05) is 17.7 Å². The van der Waals surface area contributed by atoms with Gasteiger partial charge in [0, 0.05) is 17.1 Å². The van der Waals surface area contributed by atoms with Crippen LogP contribution in [0.5, 0.6) is 5.75 Å². The smallest absolute Gasteiger partial charge is 0.229 e. The average Bonchev–Trinajstić information content (AvgIpc) is 2.75. The van der Waals surface area contributed by atoms with Crippen molar-refractivity contribution >= 4 is 40.7 Å². The molecule has 4 atom stereocenters. The molecule has 0 spiro atoms. The number of hydrogen-bond donors (Lipinski definition) is 5. The summed E-state index contributed by atoms with van der Waals surface area (Å²) in [6.07, 6.45) is -1.47. The van der Waals surface area contributed by atoms with Crippen LogP contribution >= 0.6 is 11.6 Å². The topological polar surface area (TPSA) is 121 Å². The fourth-order valence-electron chi connectivity index (χ4n) is 3.98. The molecule has 0 radical (unpaired) electrons. The lowest BCUT2D eigenvalue weighted by atomic mass is 9.81. The van der Waals surface area contributed by atoms with Gasteiger partial charge in [0.1, 0.15) is 5.75 Å². The van der Waals surface area contributed by atoms with E-state index < -0.39 is 30.2 Å². The standard InChI is InChI=1S/C22H24ClN5O4/c1-11-7-8-12(9-14(11)23)24-20(30)13-10-17(29)26-19-18(13)21(31)28-22(27-19)25-15-5-3-4-6-16(15)32-2/h3-9,13,18-19,22,25,27H,10H2,1-2H3,(H,24,30)(H,26,29)(H,28,31). The van der Waals surface area contributed by atoms with Gasteiger partial charge in [0.2, 0.25) is 17.7 Å². The number of rotatable bonds is 5. The van der Waals surface area contributed by atoms with Gasteiger partial charge < -0.3 is 26.0 Å². The lowest BCUT2D eigenvalue weighted by Crippen LogP contribution is -2.72. The van der Waals surface area contributed by atoms with Crippen molar-refractivity contribution in [3.8, 4) is 5.75 Å². The number of ether oxygens (including phenoxy) is 1. The monoisotopic (exact) mass is 457 g/mol. The van der Waals surface area contributed by atoms with Crippen molar-refractivity contribution < 1.29 is 19.1 Å². The van der Waals surface area contributed by atoms with Gasteiger partial charge in [-0.05, 0) is 36.8 Å². The molecule has 0 aromatic heterocycles. The Bertz CT molecular complexity index is 1060. The molecule has 0 bridgehead atoms. The van der Waals surface area contributed by atoms with Crippen LogP contribution in [0.4, 0.5) is 11.4 Å². The maximum Gasteiger partial charge on any atom is 0.229 e. The molecule has 2 heterocycles. The summed E-state index contributed by atoms with van der Waals surface area (Å²) in [5.41, 5.74) is 2.05. The molecule has 2 aliphatic heterocycles. The first-order chi connectivity index (χ1) is 15.4. The molecule has 168 valence electrons. The van der Waals surface area contributed by atoms with E-state index in [1.54, 1.807) is 37.4 Å². The van der Waals surface area contributed by atoms with Crippen molar-refractivity contribution in [1.29, 1.82) is 0 Å². The van der Waals surface area contributed by atoms with Crippen LogP contribution in [-0.4, -0.2) is 37.3 Å². The number of carbonyl (C=O) groups is 3. The lowest BCUT2D eigenvalue weighted by Gasteiger charge is -2.43. The van der Waals surface area contributed by atoms with Crippen molar-refractivity contribution in [2.45, 2.75) is 25.8 Å². The van der Waals surface area contributed by atoms with Gasteiger partial charge in [-0.15, -0.1) is 0 Å². The third kappa shape index (κ3) is 4.49. The minimum Gasteiger partial charge on any atom is -0.495 e. The van der Waals surface area contributed by atoms with E-state index in [-0.39, 0.29) is 18.2 Å². The number of piperidine rings is 1. The van der Waals surface area contributed by atoms with Gasteiger partial charge in [-0.25, -0.2) is 0 Å². The quantitative estimate of drug-likeness (QED) is 0.467. The third-order valence-electron chi connectivity index (χ3n) is 5.63. The highest BCUT2D eigenvalue weighted by Gasteiger charge is 2.48. The summed E-state index contributed by atoms with van der Waals surface area (Å²) in [6, 6.07) is 12.4. The lowest BCUT2D eigenvalue weighted by molar-refractivity contribution is -0.144. The summed E-state index contributed by atoms with van der Waals surface area (Å²) in [7, 11) is 1.55. The first kappa shape index (κ1) is 21.9. The molecule has 2 aliphatic rings. The second kappa shape index (κ2) is 9.05. The predicted octanol–water partition coefficient (Wildman–Crippen LogP) is 1.79. The number of fused-ring (bicyclic) bond motifs is 1. The Kier molecular flexibility index (Phi) is 6.20. The van der Waals surface area contributed by atoms with E-state index >= 15 is 0 Å². The summed E-state index contributed by atoms with van der Waals surface area (Å²) in [5.74, 6) is -2.08. The number of hydrogen-bond acceptors (Lipinski definition) is 6. The zero-order valence-electron chi connectivity index (χ0n) is 17.6. The number of para-hydroxylation sites is 2. The van der Waals surface area contributed by atoms with Crippen molar-refractivity contribution in [3.63, 3.8) is 0 Å². The number of benzene rings is 2. The van der Waals surface area contributed by atoms with Crippen LogP contribution in [0.1, 0.15) is 12.0 Å². The predicted molar refractivity (Wildman–Crippen MR) is 120 cm³/mol. The summed E-state index contributed by atoms with van der Waals surface area (Å²) in [5, 5.41) is 15.2. The second-order valence-electron chi connectivity index (χ2n) is 7.79. The number of methoxy groups -OCH3 is 1. The average molecular weight is 458 g/mol. The van der Waals surface area contributed by atoms with Crippen LogP contribution in [0.2, 0.25) is 5.02 Å². The van der Waals surface area contributed by atoms with Crippen LogP contribution in [0, 0.1) is 18.8 Å². The van der Waals surface area contributed by atoms with E-state index in [9.17, 15) is 14.4 Å². The maximum absolute atomic E-state index is 13.0. The van der Waals surface area contributed by atoms with Gasteiger partial charge in [0.15, 0.2) is 6.29 Å². The number of aryl methyl sites for hydroxylation is 1. The molecule has 2 fully saturated rings. The van der Waals surface area contributed by atoms with Crippen LogP contribution < -0.4 is 31.3 Å². The molecule has 0 aliphatic carbocycles. The molecule has 2 aromatic carbocycles. The van der Waals surface area contributed by atoms with Crippen molar-refractivity contribution in [1.82, 2.24) is 16.0 Å². The highest BCUT2D eigenvalue weighted by atomic mass is 35.5. The fraction of sp³-hybridized carbons (Fsp3) is 0.318. The maximum atomic E-state index is 13.0. The Hall–Kier alpha value is -3.30. The van der Waals surface area contributed by atoms with Gasteiger partial charge in [-0.3, -0.25) is 19.7 Å². The van der Waals surface area contributed by atoms with E-state index in [4.69, 9.17) is 16.3 Å². The van der Waals surface area contributed by atoms with Gasteiger partial charge in [0.05, 0.1) is 30.8 Å². The first-order valence-electron chi connectivity index (χ1n) is 10.2. The molecule has 2 saturated heterocycles. The highest BCUT2D eigenvalue weighted by molar-refractivity contribution is 6.31. The molecular formula is C22H24ClN5O4. The Labute approximate surface area is 190 Å². The van der Waals surface area contributed by atoms with Gasteiger partial charge >= 0.3 is 0 Å². The number of nitrogens with one attached hydrogen (secondary N) is 5. The first-order valence-corrected chi connectivity index (χ1v) is 10.6. The highest BCUT2D eigenvalue weighted by Crippen LogP contribution is 2.30. The third-order valence-corrected chi connectivity index (χ3v) is 6.04. The van der Waals surface area contributed by atoms with Crippen LogP contribution in [0.25, 0.3) is 0 Å². The molecule has 32 heavy (non-hydrogen) atoms. The van der Waals surface area contributed by atoms with Crippen LogP contribution in [0.3, 0.4) is 0 Å². The normalized spacial score (nSPS) is 24.6. The molecule has 9 nitrogen and oxygen atoms in total. The number of amides is 3. The zero-order chi connectivity index (χ0) is 22.8.